The number of aryl methyl sites for hydroxylation is 2. The van der Waals surface area contributed by atoms with Crippen molar-refractivity contribution < 1.29 is 4.79 Å². The van der Waals surface area contributed by atoms with Crippen LogP contribution in [0.2, 0.25) is 0 Å². The predicted molar refractivity (Wildman–Crippen MR) is 92.4 cm³/mol. The summed E-state index contributed by atoms with van der Waals surface area (Å²) in [5.74, 6) is 0.0563. The van der Waals surface area contributed by atoms with Gasteiger partial charge in [0.05, 0.1) is 11.4 Å². The Morgan fingerprint density at radius 2 is 1.83 bits per heavy atom. The highest BCUT2D eigenvalue weighted by Crippen LogP contribution is 2.24. The van der Waals surface area contributed by atoms with Gasteiger partial charge in [-0.15, -0.1) is 0 Å². The van der Waals surface area contributed by atoms with E-state index in [0.29, 0.717) is 5.82 Å². The van der Waals surface area contributed by atoms with Crippen LogP contribution in [-0.2, 0) is 4.79 Å². The van der Waals surface area contributed by atoms with Crippen molar-refractivity contribution in [3.05, 3.63) is 53.7 Å². The smallest absolute Gasteiger partial charge is 0.261 e. The molecule has 116 valence electrons. The average molecular weight is 306 g/mol. The van der Waals surface area contributed by atoms with Crippen LogP contribution in [0.25, 0.3) is 0 Å². The first-order chi connectivity index (χ1) is 11.0. The number of pyridine rings is 1. The number of hydrogen-bond donors (Lipinski definition) is 0. The number of hydrogen-bond acceptors (Lipinski definition) is 4. The average Bonchev–Trinajstić information content (AvgIpc) is 2.81. The molecule has 5 nitrogen and oxygen atoms in total. The van der Waals surface area contributed by atoms with Gasteiger partial charge in [-0.3, -0.25) is 4.79 Å². The van der Waals surface area contributed by atoms with Crippen molar-refractivity contribution in [2.45, 2.75) is 20.8 Å². The quantitative estimate of drug-likeness (QED) is 0.816. The summed E-state index contributed by atoms with van der Waals surface area (Å²) in [7, 11) is 0. The molecule has 1 amide bonds. The van der Waals surface area contributed by atoms with Crippen LogP contribution < -0.4 is 5.01 Å². The van der Waals surface area contributed by atoms with E-state index in [1.165, 1.54) is 5.01 Å². The molecule has 23 heavy (non-hydrogen) atoms. The first-order valence-electron chi connectivity index (χ1n) is 7.47. The molecule has 1 aliphatic heterocycles. The molecular formula is C18H18N4O. The number of hydrazone groups is 1. The lowest BCUT2D eigenvalue weighted by Gasteiger charge is -2.12. The van der Waals surface area contributed by atoms with Gasteiger partial charge in [-0.05, 0) is 50.6 Å². The van der Waals surface area contributed by atoms with Gasteiger partial charge in [0.1, 0.15) is 5.92 Å². The fourth-order valence-corrected chi connectivity index (χ4v) is 2.36. The van der Waals surface area contributed by atoms with Crippen LogP contribution in [0, 0.1) is 19.8 Å². The molecule has 1 unspecified atom stereocenters. The molecule has 0 spiro atoms. The van der Waals surface area contributed by atoms with Gasteiger partial charge in [0.2, 0.25) is 0 Å². The van der Waals surface area contributed by atoms with Crippen molar-refractivity contribution in [1.82, 2.24) is 4.98 Å². The fraction of sp³-hybridized carbons (Fsp3) is 0.222. The third-order valence-electron chi connectivity index (χ3n) is 3.72. The van der Waals surface area contributed by atoms with Crippen molar-refractivity contribution >= 4 is 29.3 Å². The SMILES string of the molecule is CC1=NN(c2ccc(C)cc2)C(=O)C1C=Nc1cc(C)ccn1. The summed E-state index contributed by atoms with van der Waals surface area (Å²) < 4.78 is 0. The molecule has 0 aliphatic carbocycles. The second kappa shape index (κ2) is 6.12. The van der Waals surface area contributed by atoms with Gasteiger partial charge in [-0.2, -0.15) is 10.1 Å². The highest BCUT2D eigenvalue weighted by atomic mass is 16.2. The zero-order valence-corrected chi connectivity index (χ0v) is 13.4. The van der Waals surface area contributed by atoms with Crippen LogP contribution in [0.5, 0.6) is 0 Å². The van der Waals surface area contributed by atoms with Crippen LogP contribution in [0.4, 0.5) is 11.5 Å². The van der Waals surface area contributed by atoms with Crippen molar-refractivity contribution in [3.63, 3.8) is 0 Å². The maximum absolute atomic E-state index is 12.6. The minimum atomic E-state index is -0.446. The number of carbonyl (C=O) groups excluding carboxylic acids is 1. The van der Waals surface area contributed by atoms with E-state index in [2.05, 4.69) is 15.1 Å². The van der Waals surface area contributed by atoms with Gasteiger partial charge in [-0.25, -0.2) is 9.98 Å². The van der Waals surface area contributed by atoms with E-state index in [1.54, 1.807) is 12.4 Å². The summed E-state index contributed by atoms with van der Waals surface area (Å²) in [6.07, 6.45) is 3.33. The van der Waals surface area contributed by atoms with Crippen molar-refractivity contribution in [1.29, 1.82) is 0 Å². The second-order valence-electron chi connectivity index (χ2n) is 5.67. The molecule has 1 atom stereocenters. The third kappa shape index (κ3) is 3.18. The largest absolute Gasteiger partial charge is 0.271 e. The number of benzene rings is 1. The summed E-state index contributed by atoms with van der Waals surface area (Å²) in [6.45, 7) is 5.83. The summed E-state index contributed by atoms with van der Waals surface area (Å²) in [5, 5.41) is 5.81. The zero-order valence-electron chi connectivity index (χ0n) is 13.4. The van der Waals surface area contributed by atoms with E-state index in [1.807, 2.05) is 57.2 Å². The Morgan fingerprint density at radius 1 is 1.09 bits per heavy atom. The summed E-state index contributed by atoms with van der Waals surface area (Å²) in [5.41, 5.74) is 3.72. The van der Waals surface area contributed by atoms with Crippen molar-refractivity contribution in [3.8, 4) is 0 Å². The van der Waals surface area contributed by atoms with Crippen LogP contribution in [-0.4, -0.2) is 22.8 Å². The molecule has 1 aliphatic rings. The Kier molecular flexibility index (Phi) is 4.02. The Balaban J connectivity index is 1.81. The van der Waals surface area contributed by atoms with Gasteiger partial charge < -0.3 is 0 Å². The normalized spacial score (nSPS) is 17.9. The number of rotatable bonds is 3. The lowest BCUT2D eigenvalue weighted by atomic mass is 10.1. The van der Waals surface area contributed by atoms with Gasteiger partial charge in [0.15, 0.2) is 5.82 Å². The maximum atomic E-state index is 12.6. The lowest BCUT2D eigenvalue weighted by molar-refractivity contribution is -0.118. The van der Waals surface area contributed by atoms with E-state index in [-0.39, 0.29) is 5.91 Å². The second-order valence-corrected chi connectivity index (χ2v) is 5.67. The molecule has 3 rings (SSSR count). The van der Waals surface area contributed by atoms with E-state index < -0.39 is 5.92 Å². The number of aliphatic imine (C=N–C) groups is 1. The molecule has 0 saturated carbocycles. The van der Waals surface area contributed by atoms with E-state index in [9.17, 15) is 4.79 Å². The van der Waals surface area contributed by atoms with E-state index in [4.69, 9.17) is 0 Å². The monoisotopic (exact) mass is 306 g/mol. The maximum Gasteiger partial charge on any atom is 0.261 e. The zero-order chi connectivity index (χ0) is 16.4. The Morgan fingerprint density at radius 3 is 2.52 bits per heavy atom. The van der Waals surface area contributed by atoms with Gasteiger partial charge in [0, 0.05) is 12.4 Å². The molecule has 0 fully saturated rings. The van der Waals surface area contributed by atoms with Crippen molar-refractivity contribution in [2.75, 3.05) is 5.01 Å². The number of carbonyl (C=O) groups is 1. The van der Waals surface area contributed by atoms with Gasteiger partial charge in [-0.1, -0.05) is 17.7 Å². The molecule has 0 radical (unpaired) electrons. The number of aromatic nitrogens is 1. The summed E-state index contributed by atoms with van der Waals surface area (Å²) >= 11 is 0. The first kappa shape index (κ1) is 15.1. The first-order valence-corrected chi connectivity index (χ1v) is 7.47. The number of anilines is 1. The number of amides is 1. The Bertz CT molecular complexity index is 793. The Hall–Kier alpha value is -2.82. The summed E-state index contributed by atoms with van der Waals surface area (Å²) in [6, 6.07) is 11.5. The van der Waals surface area contributed by atoms with Crippen LogP contribution in [0.1, 0.15) is 18.1 Å². The molecule has 1 aromatic heterocycles. The highest BCUT2D eigenvalue weighted by Gasteiger charge is 2.33. The third-order valence-corrected chi connectivity index (χ3v) is 3.72. The number of nitrogens with zero attached hydrogens (tertiary/aromatic N) is 4. The molecule has 0 saturated heterocycles. The van der Waals surface area contributed by atoms with Gasteiger partial charge >= 0.3 is 0 Å². The topological polar surface area (TPSA) is 57.9 Å². The fourth-order valence-electron chi connectivity index (χ4n) is 2.36. The lowest BCUT2D eigenvalue weighted by Crippen LogP contribution is -2.27. The van der Waals surface area contributed by atoms with Gasteiger partial charge in [0.25, 0.3) is 5.91 Å². The highest BCUT2D eigenvalue weighted by molar-refractivity contribution is 6.23. The standard InChI is InChI=1S/C18H18N4O/c1-12-4-6-15(7-5-12)22-18(23)16(14(3)21-22)11-20-17-10-13(2)8-9-19-17/h4-11,16H,1-3H3. The van der Waals surface area contributed by atoms with Crippen molar-refractivity contribution in [2.24, 2.45) is 16.0 Å². The minimum absolute atomic E-state index is 0.0947. The summed E-state index contributed by atoms with van der Waals surface area (Å²) in [4.78, 5) is 21.1. The molecule has 5 heteroatoms. The Labute approximate surface area is 135 Å². The molecule has 2 heterocycles. The molecule has 2 aromatic rings. The van der Waals surface area contributed by atoms with E-state index in [0.717, 1.165) is 22.5 Å². The predicted octanol–water partition coefficient (Wildman–Crippen LogP) is 3.44. The van der Waals surface area contributed by atoms with E-state index >= 15 is 0 Å². The van der Waals surface area contributed by atoms with Crippen LogP contribution >= 0.6 is 0 Å². The van der Waals surface area contributed by atoms with Crippen LogP contribution in [0.15, 0.2) is 52.7 Å². The minimum Gasteiger partial charge on any atom is -0.271 e. The molecule has 0 bridgehead atoms. The molecular weight excluding hydrogens is 288 g/mol. The van der Waals surface area contributed by atoms with Crippen LogP contribution in [0.3, 0.4) is 0 Å². The molecule has 1 aromatic carbocycles. The molecule has 0 N–H and O–H groups in total.